The number of halogens is 1. The molecule has 2 aromatic rings. The number of aryl methyl sites for hydroxylation is 2. The fraction of sp³-hybridized carbons (Fsp3) is 0.294. The number of alkyl halides is 1. The van der Waals surface area contributed by atoms with E-state index in [9.17, 15) is 0 Å². The molecule has 2 aromatic carbocycles. The van der Waals surface area contributed by atoms with Gasteiger partial charge in [0.2, 0.25) is 0 Å². The van der Waals surface area contributed by atoms with Crippen LogP contribution in [-0.4, -0.2) is 0 Å². The summed E-state index contributed by atoms with van der Waals surface area (Å²) in [4.78, 5) is 0. The highest BCUT2D eigenvalue weighted by atomic mass is 35.5. The van der Waals surface area contributed by atoms with Crippen molar-refractivity contribution >= 4 is 11.6 Å². The van der Waals surface area contributed by atoms with Gasteiger partial charge in [-0.1, -0.05) is 67.4 Å². The maximum absolute atomic E-state index is 5.99. The minimum absolute atomic E-state index is 0.560. The van der Waals surface area contributed by atoms with Crippen LogP contribution in [0.15, 0.2) is 42.5 Å². The second-order valence-corrected chi connectivity index (χ2v) is 4.43. The topological polar surface area (TPSA) is 0 Å². The van der Waals surface area contributed by atoms with Crippen molar-refractivity contribution in [2.75, 3.05) is 0 Å². The Balaban J connectivity index is 0.000000771. The highest BCUT2D eigenvalue weighted by molar-refractivity contribution is 6.17. The molecular weight excluding hydrogens is 240 g/mol. The Labute approximate surface area is 116 Å². The molecule has 0 saturated carbocycles. The Morgan fingerprint density at radius 1 is 0.833 bits per heavy atom. The lowest BCUT2D eigenvalue weighted by atomic mass is 9.98. The molecule has 18 heavy (non-hydrogen) atoms. The van der Waals surface area contributed by atoms with Crippen LogP contribution in [0, 0.1) is 13.8 Å². The monoisotopic (exact) mass is 260 g/mol. The number of benzene rings is 2. The summed E-state index contributed by atoms with van der Waals surface area (Å²) in [7, 11) is 0. The lowest BCUT2D eigenvalue weighted by Gasteiger charge is -2.08. The third kappa shape index (κ3) is 3.61. The van der Waals surface area contributed by atoms with E-state index in [0.29, 0.717) is 5.88 Å². The van der Waals surface area contributed by atoms with Crippen molar-refractivity contribution in [2.45, 2.75) is 33.6 Å². The van der Waals surface area contributed by atoms with Crippen LogP contribution < -0.4 is 0 Å². The Morgan fingerprint density at radius 2 is 1.39 bits per heavy atom. The Kier molecular flexibility index (Phi) is 5.94. The minimum atomic E-state index is 0.560. The summed E-state index contributed by atoms with van der Waals surface area (Å²) in [5, 5.41) is 0. The van der Waals surface area contributed by atoms with Gasteiger partial charge in [0.05, 0.1) is 0 Å². The zero-order chi connectivity index (χ0) is 13.5. The molecule has 0 N–H and O–H groups in total. The predicted molar refractivity (Wildman–Crippen MR) is 82.3 cm³/mol. The normalized spacial score (nSPS) is 9.61. The molecule has 0 unspecified atom stereocenters. The first-order chi connectivity index (χ1) is 8.70. The van der Waals surface area contributed by atoms with Crippen LogP contribution in [-0.2, 0) is 5.88 Å². The molecule has 0 radical (unpaired) electrons. The first-order valence-corrected chi connectivity index (χ1v) is 6.96. The van der Waals surface area contributed by atoms with Crippen molar-refractivity contribution in [1.29, 1.82) is 0 Å². The summed E-state index contributed by atoms with van der Waals surface area (Å²) in [5.74, 6) is 0.560. The second-order valence-electron chi connectivity index (χ2n) is 4.16. The van der Waals surface area contributed by atoms with Crippen LogP contribution in [0.25, 0.3) is 11.1 Å². The molecule has 0 atom stereocenters. The molecule has 0 spiro atoms. The van der Waals surface area contributed by atoms with E-state index in [-0.39, 0.29) is 0 Å². The van der Waals surface area contributed by atoms with E-state index in [1.807, 2.05) is 13.8 Å². The molecule has 0 aliphatic carbocycles. The molecule has 0 nitrogen and oxygen atoms in total. The molecule has 0 saturated heterocycles. The van der Waals surface area contributed by atoms with Crippen molar-refractivity contribution in [2.24, 2.45) is 0 Å². The Bertz CT molecular complexity index is 483. The average Bonchev–Trinajstić information content (AvgIpc) is 2.42. The molecule has 0 fully saturated rings. The van der Waals surface area contributed by atoms with Crippen LogP contribution in [0.2, 0.25) is 0 Å². The van der Waals surface area contributed by atoms with Gasteiger partial charge in [0.25, 0.3) is 0 Å². The maximum Gasteiger partial charge on any atom is 0.0480 e. The molecule has 0 amide bonds. The molecule has 0 bridgehead atoms. The molecule has 1 heteroatoms. The molecule has 0 aliphatic rings. The Hall–Kier alpha value is -1.27. The largest absolute Gasteiger partial charge is 0.122 e. The third-order valence-corrected chi connectivity index (χ3v) is 3.06. The quantitative estimate of drug-likeness (QED) is 0.605. The van der Waals surface area contributed by atoms with Gasteiger partial charge in [-0.05, 0) is 30.5 Å². The smallest absolute Gasteiger partial charge is 0.0480 e. The molecule has 2 rings (SSSR count). The number of hydrogen-bond acceptors (Lipinski definition) is 0. The number of rotatable bonds is 2. The van der Waals surface area contributed by atoms with Gasteiger partial charge < -0.3 is 0 Å². The highest BCUT2D eigenvalue weighted by Gasteiger charge is 2.04. The molecule has 0 heterocycles. The van der Waals surface area contributed by atoms with Gasteiger partial charge in [0, 0.05) is 5.88 Å². The zero-order valence-corrected chi connectivity index (χ0v) is 12.4. The van der Waals surface area contributed by atoms with Crippen molar-refractivity contribution in [3.63, 3.8) is 0 Å². The van der Waals surface area contributed by atoms with E-state index < -0.39 is 0 Å². The zero-order valence-electron chi connectivity index (χ0n) is 11.6. The SMILES string of the molecule is CC.Cc1ccc(-c2ccc(C)cc2CCl)cc1. The predicted octanol–water partition coefficient (Wildman–Crippen LogP) is 5.74. The van der Waals surface area contributed by atoms with Gasteiger partial charge in [-0.3, -0.25) is 0 Å². The van der Waals surface area contributed by atoms with Gasteiger partial charge in [-0.25, -0.2) is 0 Å². The van der Waals surface area contributed by atoms with Crippen molar-refractivity contribution in [1.82, 2.24) is 0 Å². The lowest BCUT2D eigenvalue weighted by molar-refractivity contribution is 1.34. The highest BCUT2D eigenvalue weighted by Crippen LogP contribution is 2.26. The van der Waals surface area contributed by atoms with Gasteiger partial charge >= 0.3 is 0 Å². The van der Waals surface area contributed by atoms with E-state index >= 15 is 0 Å². The van der Waals surface area contributed by atoms with Crippen molar-refractivity contribution in [3.8, 4) is 11.1 Å². The van der Waals surface area contributed by atoms with Crippen molar-refractivity contribution < 1.29 is 0 Å². The Morgan fingerprint density at radius 3 is 1.94 bits per heavy atom. The lowest BCUT2D eigenvalue weighted by Crippen LogP contribution is -1.88. The fourth-order valence-corrected chi connectivity index (χ4v) is 2.07. The minimum Gasteiger partial charge on any atom is -0.122 e. The summed E-state index contributed by atoms with van der Waals surface area (Å²) in [5.41, 5.74) is 6.21. The van der Waals surface area contributed by atoms with Crippen LogP contribution in [0.4, 0.5) is 0 Å². The molecule has 0 aliphatic heterocycles. The molecule has 96 valence electrons. The summed E-state index contributed by atoms with van der Waals surface area (Å²) in [6.45, 7) is 8.19. The first-order valence-electron chi connectivity index (χ1n) is 6.43. The summed E-state index contributed by atoms with van der Waals surface area (Å²) < 4.78 is 0. The van der Waals surface area contributed by atoms with Gasteiger partial charge in [-0.15, -0.1) is 11.6 Å². The van der Waals surface area contributed by atoms with E-state index in [1.165, 1.54) is 27.8 Å². The van der Waals surface area contributed by atoms with E-state index in [0.717, 1.165) is 0 Å². The van der Waals surface area contributed by atoms with Gasteiger partial charge in [0.15, 0.2) is 0 Å². The molecular formula is C17H21Cl. The first kappa shape index (κ1) is 14.8. The summed E-state index contributed by atoms with van der Waals surface area (Å²) in [6.07, 6.45) is 0. The van der Waals surface area contributed by atoms with Crippen molar-refractivity contribution in [3.05, 3.63) is 59.2 Å². The maximum atomic E-state index is 5.99. The third-order valence-electron chi connectivity index (χ3n) is 2.77. The number of hydrogen-bond donors (Lipinski definition) is 0. The summed E-state index contributed by atoms with van der Waals surface area (Å²) in [6, 6.07) is 15.0. The van der Waals surface area contributed by atoms with Crippen LogP contribution in [0.1, 0.15) is 30.5 Å². The second kappa shape index (κ2) is 7.23. The van der Waals surface area contributed by atoms with E-state index in [1.54, 1.807) is 0 Å². The van der Waals surface area contributed by atoms with Crippen LogP contribution in [0.5, 0.6) is 0 Å². The van der Waals surface area contributed by atoms with Gasteiger partial charge in [0.1, 0.15) is 0 Å². The van der Waals surface area contributed by atoms with E-state index in [2.05, 4.69) is 56.3 Å². The van der Waals surface area contributed by atoms with Crippen LogP contribution in [0.3, 0.4) is 0 Å². The standard InChI is InChI=1S/C15H15Cl.C2H6/c1-11-3-6-13(7-4-11)15-8-5-12(2)9-14(15)10-16;1-2/h3-9H,10H2,1-2H3;1-2H3. The fourth-order valence-electron chi connectivity index (χ4n) is 1.85. The summed E-state index contributed by atoms with van der Waals surface area (Å²) >= 11 is 5.99. The van der Waals surface area contributed by atoms with Gasteiger partial charge in [-0.2, -0.15) is 0 Å². The molecule has 0 aromatic heterocycles. The van der Waals surface area contributed by atoms with Crippen LogP contribution >= 0.6 is 11.6 Å². The van der Waals surface area contributed by atoms with E-state index in [4.69, 9.17) is 11.6 Å². The average molecular weight is 261 g/mol.